The monoisotopic (exact) mass is 259 g/mol. The Balaban J connectivity index is 2.32. The maximum Gasteiger partial charge on any atom is 0.133 e. The summed E-state index contributed by atoms with van der Waals surface area (Å²) < 4.78 is 5.27. The molecule has 0 bridgehead atoms. The summed E-state index contributed by atoms with van der Waals surface area (Å²) in [5.74, 6) is 1.71. The van der Waals surface area contributed by atoms with Crippen molar-refractivity contribution in [1.82, 2.24) is 4.98 Å². The second-order valence-corrected chi connectivity index (χ2v) is 5.47. The maximum absolute atomic E-state index is 5.75. The third-order valence-electron chi connectivity index (χ3n) is 3.26. The molecule has 0 aliphatic heterocycles. The highest BCUT2D eigenvalue weighted by Gasteiger charge is 2.15. The Kier molecular flexibility index (Phi) is 3.90. The zero-order valence-corrected chi connectivity index (χ0v) is 11.7. The summed E-state index contributed by atoms with van der Waals surface area (Å²) in [6.45, 7) is 5.68. The number of ether oxygens (including phenoxy) is 1. The quantitative estimate of drug-likeness (QED) is 0.866. The molecule has 0 saturated heterocycles. The predicted molar refractivity (Wildman–Crippen MR) is 79.6 cm³/mol. The third kappa shape index (κ3) is 3.15. The first-order chi connectivity index (χ1) is 9.05. The van der Waals surface area contributed by atoms with Gasteiger partial charge in [0.05, 0.1) is 7.11 Å². The molecule has 0 saturated carbocycles. The maximum atomic E-state index is 5.75. The molecule has 0 amide bonds. The highest BCUT2D eigenvalue weighted by atomic mass is 16.5. The molecule has 19 heavy (non-hydrogen) atoms. The molecular weight excluding hydrogens is 238 g/mol. The SMILES string of the molecule is COc1ccc2ccnc(NCC(C)(C)CN)c2c1. The van der Waals surface area contributed by atoms with Crippen molar-refractivity contribution in [2.75, 3.05) is 25.5 Å². The Bertz CT molecular complexity index is 566. The van der Waals surface area contributed by atoms with Crippen LogP contribution in [0.5, 0.6) is 5.75 Å². The summed E-state index contributed by atoms with van der Waals surface area (Å²) in [6.07, 6.45) is 1.81. The van der Waals surface area contributed by atoms with Gasteiger partial charge in [0.25, 0.3) is 0 Å². The van der Waals surface area contributed by atoms with Crippen LogP contribution in [0.4, 0.5) is 5.82 Å². The first-order valence-electron chi connectivity index (χ1n) is 6.42. The van der Waals surface area contributed by atoms with Crippen LogP contribution in [-0.4, -0.2) is 25.2 Å². The highest BCUT2D eigenvalue weighted by molar-refractivity contribution is 5.92. The van der Waals surface area contributed by atoms with Crippen LogP contribution in [0.1, 0.15) is 13.8 Å². The van der Waals surface area contributed by atoms with Crippen LogP contribution >= 0.6 is 0 Å². The predicted octanol–water partition coefficient (Wildman–Crippen LogP) is 2.64. The van der Waals surface area contributed by atoms with Gasteiger partial charge in [-0.05, 0) is 35.5 Å². The number of pyridine rings is 1. The van der Waals surface area contributed by atoms with Crippen LogP contribution in [0.15, 0.2) is 30.5 Å². The second kappa shape index (κ2) is 5.45. The van der Waals surface area contributed by atoms with E-state index in [4.69, 9.17) is 10.5 Å². The Morgan fingerprint density at radius 1 is 1.32 bits per heavy atom. The Labute approximate surface area is 114 Å². The molecule has 1 aromatic carbocycles. The van der Waals surface area contributed by atoms with Crippen molar-refractivity contribution in [3.05, 3.63) is 30.5 Å². The molecular formula is C15H21N3O. The van der Waals surface area contributed by atoms with Crippen LogP contribution in [0.2, 0.25) is 0 Å². The van der Waals surface area contributed by atoms with Crippen LogP contribution in [-0.2, 0) is 0 Å². The van der Waals surface area contributed by atoms with E-state index in [0.717, 1.165) is 28.9 Å². The summed E-state index contributed by atoms with van der Waals surface area (Å²) in [7, 11) is 1.67. The summed E-state index contributed by atoms with van der Waals surface area (Å²) >= 11 is 0. The van der Waals surface area contributed by atoms with Gasteiger partial charge < -0.3 is 15.8 Å². The fourth-order valence-corrected chi connectivity index (χ4v) is 1.81. The summed E-state index contributed by atoms with van der Waals surface area (Å²) in [4.78, 5) is 4.41. The average Bonchev–Trinajstić information content (AvgIpc) is 2.44. The van der Waals surface area contributed by atoms with E-state index in [9.17, 15) is 0 Å². The van der Waals surface area contributed by atoms with Gasteiger partial charge in [-0.2, -0.15) is 0 Å². The highest BCUT2D eigenvalue weighted by Crippen LogP contribution is 2.26. The fourth-order valence-electron chi connectivity index (χ4n) is 1.81. The number of methoxy groups -OCH3 is 1. The van der Waals surface area contributed by atoms with Gasteiger partial charge in [0, 0.05) is 18.1 Å². The van der Waals surface area contributed by atoms with Crippen LogP contribution in [0.3, 0.4) is 0 Å². The van der Waals surface area contributed by atoms with Gasteiger partial charge in [-0.25, -0.2) is 4.98 Å². The lowest BCUT2D eigenvalue weighted by Gasteiger charge is -2.23. The number of nitrogens with zero attached hydrogens (tertiary/aromatic N) is 1. The van der Waals surface area contributed by atoms with Crippen molar-refractivity contribution in [1.29, 1.82) is 0 Å². The lowest BCUT2D eigenvalue weighted by molar-refractivity contribution is 0.405. The lowest BCUT2D eigenvalue weighted by Crippen LogP contribution is -2.31. The van der Waals surface area contributed by atoms with Gasteiger partial charge in [0.15, 0.2) is 0 Å². The normalized spacial score (nSPS) is 11.6. The molecule has 102 valence electrons. The zero-order chi connectivity index (χ0) is 13.9. The van der Waals surface area contributed by atoms with E-state index in [-0.39, 0.29) is 5.41 Å². The molecule has 0 fully saturated rings. The van der Waals surface area contributed by atoms with Crippen LogP contribution in [0.25, 0.3) is 10.8 Å². The minimum absolute atomic E-state index is 0.0444. The molecule has 0 spiro atoms. The Hall–Kier alpha value is -1.81. The Morgan fingerprint density at radius 2 is 2.11 bits per heavy atom. The molecule has 2 rings (SSSR count). The standard InChI is InChI=1S/C15H21N3O/c1-15(2,9-16)10-18-14-13-8-12(19-3)5-4-11(13)6-7-17-14/h4-8H,9-10,16H2,1-3H3,(H,17,18). The third-order valence-corrected chi connectivity index (χ3v) is 3.26. The molecule has 3 N–H and O–H groups in total. The number of nitrogens with one attached hydrogen (secondary N) is 1. The van der Waals surface area contributed by atoms with Crippen molar-refractivity contribution < 1.29 is 4.74 Å². The topological polar surface area (TPSA) is 60.2 Å². The molecule has 0 unspecified atom stereocenters. The molecule has 0 atom stereocenters. The van der Waals surface area contributed by atoms with Gasteiger partial charge in [0.2, 0.25) is 0 Å². The van der Waals surface area contributed by atoms with E-state index in [1.165, 1.54) is 0 Å². The number of fused-ring (bicyclic) bond motifs is 1. The van der Waals surface area contributed by atoms with Crippen molar-refractivity contribution in [2.24, 2.45) is 11.1 Å². The van der Waals surface area contributed by atoms with Gasteiger partial charge in [0.1, 0.15) is 11.6 Å². The molecule has 1 heterocycles. The number of aromatic nitrogens is 1. The zero-order valence-electron chi connectivity index (χ0n) is 11.7. The average molecular weight is 259 g/mol. The van der Waals surface area contributed by atoms with Gasteiger partial charge >= 0.3 is 0 Å². The second-order valence-electron chi connectivity index (χ2n) is 5.47. The number of anilines is 1. The van der Waals surface area contributed by atoms with Gasteiger partial charge in [-0.1, -0.05) is 19.9 Å². The van der Waals surface area contributed by atoms with Crippen molar-refractivity contribution in [3.8, 4) is 5.75 Å². The summed E-state index contributed by atoms with van der Waals surface area (Å²) in [5, 5.41) is 5.59. The number of rotatable bonds is 5. The number of benzene rings is 1. The molecule has 4 nitrogen and oxygen atoms in total. The molecule has 2 aromatic rings. The number of hydrogen-bond donors (Lipinski definition) is 2. The smallest absolute Gasteiger partial charge is 0.133 e. The van der Waals surface area contributed by atoms with Gasteiger partial charge in [-0.3, -0.25) is 0 Å². The minimum atomic E-state index is 0.0444. The summed E-state index contributed by atoms with van der Waals surface area (Å²) in [6, 6.07) is 7.99. The van der Waals surface area contributed by atoms with Crippen molar-refractivity contribution in [3.63, 3.8) is 0 Å². The van der Waals surface area contributed by atoms with E-state index in [1.54, 1.807) is 7.11 Å². The van der Waals surface area contributed by atoms with Crippen molar-refractivity contribution >= 4 is 16.6 Å². The molecule has 0 aliphatic carbocycles. The van der Waals surface area contributed by atoms with Crippen LogP contribution < -0.4 is 15.8 Å². The van der Waals surface area contributed by atoms with E-state index in [0.29, 0.717) is 6.54 Å². The van der Waals surface area contributed by atoms with E-state index in [1.807, 2.05) is 30.5 Å². The summed E-state index contributed by atoms with van der Waals surface area (Å²) in [5.41, 5.74) is 5.79. The molecule has 0 radical (unpaired) electrons. The van der Waals surface area contributed by atoms with Crippen molar-refractivity contribution in [2.45, 2.75) is 13.8 Å². The largest absolute Gasteiger partial charge is 0.497 e. The molecule has 0 aliphatic rings. The Morgan fingerprint density at radius 3 is 2.79 bits per heavy atom. The first kappa shape index (κ1) is 13.6. The molecule has 4 heteroatoms. The minimum Gasteiger partial charge on any atom is -0.497 e. The van der Waals surface area contributed by atoms with E-state index < -0.39 is 0 Å². The van der Waals surface area contributed by atoms with E-state index in [2.05, 4.69) is 24.1 Å². The van der Waals surface area contributed by atoms with E-state index >= 15 is 0 Å². The van der Waals surface area contributed by atoms with Crippen LogP contribution in [0, 0.1) is 5.41 Å². The van der Waals surface area contributed by atoms with Gasteiger partial charge in [-0.15, -0.1) is 0 Å². The first-order valence-corrected chi connectivity index (χ1v) is 6.42. The lowest BCUT2D eigenvalue weighted by atomic mass is 9.94. The fraction of sp³-hybridized carbons (Fsp3) is 0.400. The number of nitrogens with two attached hydrogens (primary N) is 1. The number of hydrogen-bond acceptors (Lipinski definition) is 4. The molecule has 1 aromatic heterocycles.